The largest absolute Gasteiger partial charge is 0.0920 e. The van der Waals surface area contributed by atoms with E-state index in [9.17, 15) is 0 Å². The number of rotatable bonds is 3. The fourth-order valence-electron chi connectivity index (χ4n) is 4.75. The molecule has 2 saturated carbocycles. The zero-order valence-corrected chi connectivity index (χ0v) is 20.9. The Balaban J connectivity index is 0.000000356. The Morgan fingerprint density at radius 3 is 1.62 bits per heavy atom. The summed E-state index contributed by atoms with van der Waals surface area (Å²) in [5, 5.41) is 1.74. The van der Waals surface area contributed by atoms with Gasteiger partial charge in [-0.05, 0) is 63.5 Å². The van der Waals surface area contributed by atoms with Crippen molar-refractivity contribution in [1.29, 1.82) is 0 Å². The topological polar surface area (TPSA) is 0 Å². The second-order valence-corrected chi connectivity index (χ2v) is 11.2. The zero-order valence-electron chi connectivity index (χ0n) is 18.1. The van der Waals surface area contributed by atoms with E-state index in [1.54, 1.807) is 5.30 Å². The normalized spacial score (nSPS) is 17.3. The van der Waals surface area contributed by atoms with Crippen molar-refractivity contribution in [2.75, 3.05) is 0 Å². The number of benzene rings is 2. The molecular formula is C26H38ClNiP-. The van der Waals surface area contributed by atoms with Gasteiger partial charge in [0.1, 0.15) is 0 Å². The van der Waals surface area contributed by atoms with Crippen molar-refractivity contribution in [3.63, 3.8) is 0 Å². The third-order valence-corrected chi connectivity index (χ3v) is 9.98. The zero-order chi connectivity index (χ0) is 20.0. The second kappa shape index (κ2) is 16.4. The smallest absolute Gasteiger partial charge is 0.0620 e. The molecule has 0 amide bonds. The van der Waals surface area contributed by atoms with Crippen LogP contribution in [0.2, 0.25) is 0 Å². The molecule has 2 aliphatic rings. The van der Waals surface area contributed by atoms with Crippen molar-refractivity contribution in [2.24, 2.45) is 0 Å². The van der Waals surface area contributed by atoms with Gasteiger partial charge >= 0.3 is 24.8 Å². The SMILES string of the molecule is Cc1[c-]cccc1.[CH3-].[Cl][Ni].c1ccc([PH+](C2CCCCC2)C2CCCCC2)cc1. The van der Waals surface area contributed by atoms with E-state index < -0.39 is 0 Å². The van der Waals surface area contributed by atoms with Gasteiger partial charge in [-0.2, -0.15) is 35.9 Å². The van der Waals surface area contributed by atoms with Crippen LogP contribution in [0.4, 0.5) is 0 Å². The van der Waals surface area contributed by atoms with Crippen LogP contribution in [0.25, 0.3) is 0 Å². The van der Waals surface area contributed by atoms with E-state index in [0.717, 1.165) is 11.3 Å². The van der Waals surface area contributed by atoms with E-state index in [2.05, 4.69) is 61.2 Å². The van der Waals surface area contributed by atoms with E-state index >= 15 is 0 Å². The van der Waals surface area contributed by atoms with E-state index in [4.69, 9.17) is 0 Å². The molecule has 0 unspecified atom stereocenters. The molecule has 0 N–H and O–H groups in total. The van der Waals surface area contributed by atoms with Crippen molar-refractivity contribution in [3.05, 3.63) is 73.7 Å². The fraction of sp³-hybridized carbons (Fsp3) is 0.500. The number of aryl methyl sites for hydroxylation is 1. The quantitative estimate of drug-likeness (QED) is 0.239. The van der Waals surface area contributed by atoms with Crippen molar-refractivity contribution in [3.8, 4) is 0 Å². The van der Waals surface area contributed by atoms with Crippen LogP contribution in [-0.2, 0) is 14.6 Å². The molecule has 2 aliphatic carbocycles. The van der Waals surface area contributed by atoms with Crippen molar-refractivity contribution < 1.29 is 14.6 Å². The third kappa shape index (κ3) is 9.55. The van der Waals surface area contributed by atoms with E-state index in [1.165, 1.54) is 69.8 Å². The molecule has 0 heterocycles. The minimum atomic E-state index is -0.323. The average molecular weight is 476 g/mol. The maximum atomic E-state index is 4.26. The molecule has 0 bridgehead atoms. The minimum Gasteiger partial charge on any atom is -0.0620 e. The van der Waals surface area contributed by atoms with Crippen LogP contribution in [0.1, 0.15) is 69.8 Å². The summed E-state index contributed by atoms with van der Waals surface area (Å²) in [4.78, 5) is 0. The van der Waals surface area contributed by atoms with Crippen molar-refractivity contribution in [2.45, 2.75) is 82.4 Å². The van der Waals surface area contributed by atoms with Crippen LogP contribution in [0.5, 0.6) is 0 Å². The van der Waals surface area contributed by atoms with Crippen molar-refractivity contribution in [1.82, 2.24) is 0 Å². The first-order valence-corrected chi connectivity index (χ1v) is 13.8. The molecule has 0 radical (unpaired) electrons. The molecule has 0 aromatic heterocycles. The molecule has 2 aromatic carbocycles. The summed E-state index contributed by atoms with van der Waals surface area (Å²) in [6.07, 6.45) is 15.1. The molecule has 3 heteroatoms. The maximum Gasteiger partial charge on any atom is 0.0920 e. The van der Waals surface area contributed by atoms with Gasteiger partial charge in [-0.3, -0.25) is 0 Å². The Morgan fingerprint density at radius 1 is 0.759 bits per heavy atom. The maximum absolute atomic E-state index is 4.26. The first-order valence-electron chi connectivity index (χ1n) is 10.8. The van der Waals surface area contributed by atoms with Crippen LogP contribution < -0.4 is 5.30 Å². The minimum absolute atomic E-state index is 0. The summed E-state index contributed by atoms with van der Waals surface area (Å²) in [5.74, 6) is 0. The fourth-order valence-corrected chi connectivity index (χ4v) is 8.99. The van der Waals surface area contributed by atoms with Crippen LogP contribution in [0.3, 0.4) is 0 Å². The standard InChI is InChI=1S/C18H27P.C7H7.CH3.ClH.Ni/c1-4-10-16(11-5-1)19(17-12-6-2-7-13-17)18-14-8-3-9-15-18;1-7-5-3-2-4-6-7;;;/h1,4-5,10-11,17-18H,2-3,6-9,12-15H2;2-5H,1H3;1H3;1H;/q;2*-1;;+1. The van der Waals surface area contributed by atoms with E-state index in [0.29, 0.717) is 0 Å². The molecule has 2 aromatic rings. The van der Waals surface area contributed by atoms with Gasteiger partial charge in [-0.25, -0.2) is 0 Å². The monoisotopic (exact) mass is 474 g/mol. The van der Waals surface area contributed by atoms with Gasteiger partial charge in [0.25, 0.3) is 0 Å². The summed E-state index contributed by atoms with van der Waals surface area (Å²) in [7, 11) is 3.94. The molecule has 0 saturated heterocycles. The van der Waals surface area contributed by atoms with Gasteiger partial charge in [-0.15, -0.1) is 0 Å². The Bertz CT molecular complexity index is 589. The second-order valence-electron chi connectivity index (χ2n) is 8.04. The predicted octanol–water partition coefficient (Wildman–Crippen LogP) is 8.12. The molecule has 2 fully saturated rings. The number of hydrogen-bond donors (Lipinski definition) is 0. The summed E-state index contributed by atoms with van der Waals surface area (Å²) in [6, 6.07) is 22.6. The van der Waals surface area contributed by atoms with Crippen LogP contribution in [-0.4, -0.2) is 11.3 Å². The summed E-state index contributed by atoms with van der Waals surface area (Å²) in [6.45, 7) is 2.03. The van der Waals surface area contributed by atoms with Gasteiger partial charge in [0.2, 0.25) is 0 Å². The Morgan fingerprint density at radius 2 is 1.24 bits per heavy atom. The van der Waals surface area contributed by atoms with Gasteiger partial charge < -0.3 is 7.43 Å². The predicted molar refractivity (Wildman–Crippen MR) is 130 cm³/mol. The Labute approximate surface area is 193 Å². The first-order chi connectivity index (χ1) is 13.8. The number of halogens is 1. The summed E-state index contributed by atoms with van der Waals surface area (Å²) >= 11 is 3.35. The molecule has 0 spiro atoms. The third-order valence-electron chi connectivity index (χ3n) is 6.06. The molecule has 0 atom stereocenters. The van der Waals surface area contributed by atoms with Crippen LogP contribution >= 0.6 is 18.1 Å². The van der Waals surface area contributed by atoms with E-state index in [1.807, 2.05) is 31.2 Å². The molecule has 29 heavy (non-hydrogen) atoms. The molecule has 4 rings (SSSR count). The van der Waals surface area contributed by atoms with Gasteiger partial charge in [0.15, 0.2) is 0 Å². The average Bonchev–Trinajstić information content (AvgIpc) is 2.79. The van der Waals surface area contributed by atoms with E-state index in [-0.39, 0.29) is 15.3 Å². The van der Waals surface area contributed by atoms with Crippen LogP contribution in [0, 0.1) is 20.4 Å². The van der Waals surface area contributed by atoms with Gasteiger partial charge in [0.05, 0.1) is 16.6 Å². The summed E-state index contributed by atoms with van der Waals surface area (Å²) in [5.41, 5.74) is 3.34. The van der Waals surface area contributed by atoms with Gasteiger partial charge in [0, 0.05) is 7.92 Å². The molecule has 0 nitrogen and oxygen atoms in total. The Kier molecular flexibility index (Phi) is 15.1. The summed E-state index contributed by atoms with van der Waals surface area (Å²) < 4.78 is 0. The van der Waals surface area contributed by atoms with Crippen LogP contribution in [0.15, 0.2) is 54.6 Å². The molecule has 0 aliphatic heterocycles. The first kappa shape index (κ1) is 26.7. The number of hydrogen-bond acceptors (Lipinski definition) is 0. The Hall–Kier alpha value is -0.346. The molecule has 165 valence electrons. The van der Waals surface area contributed by atoms with Crippen molar-refractivity contribution >= 4 is 23.4 Å². The van der Waals surface area contributed by atoms with Gasteiger partial charge in [-0.1, -0.05) is 38.0 Å². The molecular weight excluding hydrogens is 437 g/mol.